The van der Waals surface area contributed by atoms with E-state index < -0.39 is 5.60 Å². The van der Waals surface area contributed by atoms with Crippen LogP contribution in [0.1, 0.15) is 44.6 Å². The Kier molecular flexibility index (Phi) is 6.69. The van der Waals surface area contributed by atoms with Gasteiger partial charge in [-0.3, -0.25) is 0 Å². The van der Waals surface area contributed by atoms with Crippen LogP contribution in [-0.2, 0) is 5.60 Å². The maximum absolute atomic E-state index is 11.8. The number of furan rings is 1. The molecule has 1 atom stereocenters. The number of rotatable bonds is 7. The van der Waals surface area contributed by atoms with Gasteiger partial charge in [0.05, 0.1) is 6.54 Å². The third kappa shape index (κ3) is 5.83. The summed E-state index contributed by atoms with van der Waals surface area (Å²) < 4.78 is 5.43. The van der Waals surface area contributed by atoms with Gasteiger partial charge in [-0.05, 0) is 70.8 Å². The molecule has 0 bridgehead atoms. The molecule has 6 nitrogen and oxygen atoms in total. The molecular weight excluding hydrogens is 306 g/mol. The van der Waals surface area contributed by atoms with Crippen molar-refractivity contribution in [3.63, 3.8) is 0 Å². The van der Waals surface area contributed by atoms with Crippen molar-refractivity contribution in [2.45, 2.75) is 45.6 Å². The molecule has 0 aromatic carbocycles. The minimum atomic E-state index is -1.21. The average Bonchev–Trinajstić information content (AvgIpc) is 2.99. The highest BCUT2D eigenvalue weighted by Crippen LogP contribution is 2.21. The molecule has 24 heavy (non-hydrogen) atoms. The fourth-order valence-corrected chi connectivity index (χ4v) is 2.92. The van der Waals surface area contributed by atoms with Gasteiger partial charge in [-0.25, -0.2) is 4.79 Å². The fraction of sp³-hybridized carbons (Fsp3) is 0.722. The standard InChI is InChI=1S/C18H31N3O3/c1-14-7-11-21(12-8-14)10-4-9-19-17(22)20-13-18(3,23)16-6-5-15(2)24-16/h5-6,14,23H,4,7-13H2,1-3H3,(H2,19,20,22). The Labute approximate surface area is 144 Å². The molecule has 0 spiro atoms. The number of carbonyl (C=O) groups excluding carboxylic acids is 1. The Morgan fingerprint density at radius 2 is 2.08 bits per heavy atom. The molecule has 3 N–H and O–H groups in total. The van der Waals surface area contributed by atoms with Gasteiger partial charge in [0.1, 0.15) is 17.1 Å². The third-order valence-electron chi connectivity index (χ3n) is 4.68. The third-order valence-corrected chi connectivity index (χ3v) is 4.68. The maximum atomic E-state index is 11.8. The second-order valence-corrected chi connectivity index (χ2v) is 7.17. The van der Waals surface area contributed by atoms with Gasteiger partial charge < -0.3 is 25.1 Å². The van der Waals surface area contributed by atoms with Crippen molar-refractivity contribution in [2.24, 2.45) is 5.92 Å². The number of hydrogen-bond acceptors (Lipinski definition) is 4. The van der Waals surface area contributed by atoms with Crippen LogP contribution in [0.2, 0.25) is 0 Å². The lowest BCUT2D eigenvalue weighted by atomic mass is 9.99. The van der Waals surface area contributed by atoms with Crippen molar-refractivity contribution >= 4 is 6.03 Å². The number of aryl methyl sites for hydroxylation is 1. The van der Waals surface area contributed by atoms with Crippen molar-refractivity contribution in [3.05, 3.63) is 23.7 Å². The number of nitrogens with zero attached hydrogens (tertiary/aromatic N) is 1. The summed E-state index contributed by atoms with van der Waals surface area (Å²) in [5.41, 5.74) is -1.21. The molecule has 1 fully saturated rings. The van der Waals surface area contributed by atoms with Crippen LogP contribution in [0.25, 0.3) is 0 Å². The molecule has 1 aliphatic heterocycles. The Morgan fingerprint density at radius 1 is 1.38 bits per heavy atom. The van der Waals surface area contributed by atoms with Crippen LogP contribution in [0, 0.1) is 12.8 Å². The molecule has 1 unspecified atom stereocenters. The Bertz CT molecular complexity index is 519. The van der Waals surface area contributed by atoms with E-state index in [1.54, 1.807) is 19.1 Å². The van der Waals surface area contributed by atoms with E-state index in [-0.39, 0.29) is 12.6 Å². The highest BCUT2D eigenvalue weighted by Gasteiger charge is 2.27. The first kappa shape index (κ1) is 18.8. The number of nitrogens with one attached hydrogen (secondary N) is 2. The maximum Gasteiger partial charge on any atom is 0.314 e. The zero-order valence-electron chi connectivity index (χ0n) is 15.1. The normalized spacial score (nSPS) is 19.0. The zero-order valence-corrected chi connectivity index (χ0v) is 15.1. The lowest BCUT2D eigenvalue weighted by Gasteiger charge is -2.30. The minimum absolute atomic E-state index is 0.107. The summed E-state index contributed by atoms with van der Waals surface area (Å²) in [4.78, 5) is 14.3. The SMILES string of the molecule is Cc1ccc(C(C)(O)CNC(=O)NCCCN2CCC(C)CC2)o1. The van der Waals surface area contributed by atoms with Gasteiger partial charge in [0.25, 0.3) is 0 Å². The minimum Gasteiger partial charge on any atom is -0.463 e. The van der Waals surface area contributed by atoms with Crippen molar-refractivity contribution < 1.29 is 14.3 Å². The van der Waals surface area contributed by atoms with Gasteiger partial charge in [0.2, 0.25) is 0 Å². The summed E-state index contributed by atoms with van der Waals surface area (Å²) >= 11 is 0. The zero-order chi connectivity index (χ0) is 17.6. The van der Waals surface area contributed by atoms with E-state index in [1.807, 2.05) is 6.92 Å². The number of carbonyl (C=O) groups is 1. The molecule has 2 rings (SSSR count). The van der Waals surface area contributed by atoms with E-state index in [0.717, 1.165) is 24.6 Å². The number of piperidine rings is 1. The van der Waals surface area contributed by atoms with Crippen LogP contribution in [-0.4, -0.2) is 48.8 Å². The molecule has 2 amide bonds. The molecule has 1 saturated heterocycles. The molecule has 6 heteroatoms. The highest BCUT2D eigenvalue weighted by atomic mass is 16.4. The first-order chi connectivity index (χ1) is 11.4. The largest absolute Gasteiger partial charge is 0.463 e. The van der Waals surface area contributed by atoms with Crippen molar-refractivity contribution in [3.8, 4) is 0 Å². The van der Waals surface area contributed by atoms with Gasteiger partial charge in [0.15, 0.2) is 0 Å². The first-order valence-corrected chi connectivity index (χ1v) is 8.90. The number of aliphatic hydroxyl groups is 1. The quantitative estimate of drug-likeness (QED) is 0.667. The van der Waals surface area contributed by atoms with Crippen LogP contribution in [0.3, 0.4) is 0 Å². The predicted octanol–water partition coefficient (Wildman–Crippen LogP) is 2.22. The number of amides is 2. The number of hydrogen-bond donors (Lipinski definition) is 3. The topological polar surface area (TPSA) is 77.7 Å². The van der Waals surface area contributed by atoms with Gasteiger partial charge in [-0.2, -0.15) is 0 Å². The van der Waals surface area contributed by atoms with Crippen LogP contribution in [0.4, 0.5) is 4.79 Å². The Balaban J connectivity index is 1.59. The van der Waals surface area contributed by atoms with E-state index in [4.69, 9.17) is 4.42 Å². The van der Waals surface area contributed by atoms with E-state index in [1.165, 1.54) is 25.9 Å². The van der Waals surface area contributed by atoms with Gasteiger partial charge in [-0.15, -0.1) is 0 Å². The molecule has 0 saturated carbocycles. The van der Waals surface area contributed by atoms with E-state index in [2.05, 4.69) is 22.5 Å². The Morgan fingerprint density at radius 3 is 2.71 bits per heavy atom. The lowest BCUT2D eigenvalue weighted by Crippen LogP contribution is -2.44. The van der Waals surface area contributed by atoms with Gasteiger partial charge >= 0.3 is 6.03 Å². The van der Waals surface area contributed by atoms with Crippen molar-refractivity contribution in [2.75, 3.05) is 32.7 Å². The second-order valence-electron chi connectivity index (χ2n) is 7.17. The predicted molar refractivity (Wildman–Crippen MR) is 93.9 cm³/mol. The number of likely N-dealkylation sites (tertiary alicyclic amines) is 1. The van der Waals surface area contributed by atoms with Crippen LogP contribution >= 0.6 is 0 Å². The summed E-state index contributed by atoms with van der Waals surface area (Å²) in [6.45, 7) is 9.86. The summed E-state index contributed by atoms with van der Waals surface area (Å²) in [5.74, 6) is 2.04. The van der Waals surface area contributed by atoms with Crippen LogP contribution < -0.4 is 10.6 Å². The van der Waals surface area contributed by atoms with E-state index in [0.29, 0.717) is 12.3 Å². The smallest absolute Gasteiger partial charge is 0.314 e. The molecule has 1 aromatic heterocycles. The first-order valence-electron chi connectivity index (χ1n) is 8.90. The van der Waals surface area contributed by atoms with Gasteiger partial charge in [-0.1, -0.05) is 6.92 Å². The molecule has 136 valence electrons. The summed E-state index contributed by atoms with van der Waals surface area (Å²) in [5, 5.41) is 15.9. The van der Waals surface area contributed by atoms with Gasteiger partial charge in [0, 0.05) is 6.54 Å². The average molecular weight is 337 g/mol. The summed E-state index contributed by atoms with van der Waals surface area (Å²) in [6, 6.07) is 3.27. The molecule has 2 heterocycles. The van der Waals surface area contributed by atoms with Crippen LogP contribution in [0.5, 0.6) is 0 Å². The molecule has 0 aliphatic carbocycles. The molecule has 0 radical (unpaired) electrons. The summed E-state index contributed by atoms with van der Waals surface area (Å²) in [7, 11) is 0. The van der Waals surface area contributed by atoms with E-state index in [9.17, 15) is 9.90 Å². The second kappa shape index (κ2) is 8.53. The van der Waals surface area contributed by atoms with Crippen molar-refractivity contribution in [1.82, 2.24) is 15.5 Å². The fourth-order valence-electron chi connectivity index (χ4n) is 2.92. The van der Waals surface area contributed by atoms with E-state index >= 15 is 0 Å². The molecule has 1 aliphatic rings. The highest BCUT2D eigenvalue weighted by molar-refractivity contribution is 5.73. The monoisotopic (exact) mass is 337 g/mol. The molecule has 1 aromatic rings. The van der Waals surface area contributed by atoms with Crippen molar-refractivity contribution in [1.29, 1.82) is 0 Å². The summed E-state index contributed by atoms with van der Waals surface area (Å²) in [6.07, 6.45) is 3.49. The Hall–Kier alpha value is -1.53. The number of urea groups is 1. The molecular formula is C18H31N3O3. The van der Waals surface area contributed by atoms with Crippen LogP contribution in [0.15, 0.2) is 16.5 Å². The lowest BCUT2D eigenvalue weighted by molar-refractivity contribution is 0.0360.